The van der Waals surface area contributed by atoms with Crippen LogP contribution >= 0.6 is 0 Å². The van der Waals surface area contributed by atoms with Crippen LogP contribution in [-0.4, -0.2) is 24.7 Å². The number of carbonyl (C=O) groups is 1. The number of nitrogens with one attached hydrogen (secondary N) is 1. The fourth-order valence-corrected chi connectivity index (χ4v) is 3.17. The van der Waals surface area contributed by atoms with Crippen molar-refractivity contribution in [2.24, 2.45) is 0 Å². The van der Waals surface area contributed by atoms with Gasteiger partial charge < -0.3 is 10.4 Å². The first-order chi connectivity index (χ1) is 7.48. The first-order valence-corrected chi connectivity index (χ1v) is 6.25. The summed E-state index contributed by atoms with van der Waals surface area (Å²) in [6.07, 6.45) is 0. The van der Waals surface area contributed by atoms with Gasteiger partial charge in [0.15, 0.2) is 0 Å². The molecule has 1 atom stereocenters. The molecule has 5 nitrogen and oxygen atoms in total. The van der Waals surface area contributed by atoms with E-state index >= 15 is 0 Å². The van der Waals surface area contributed by atoms with Crippen molar-refractivity contribution in [3.63, 3.8) is 0 Å². The van der Waals surface area contributed by atoms with Gasteiger partial charge in [0.1, 0.15) is 0 Å². The quantitative estimate of drug-likeness (QED) is 0.738. The van der Waals surface area contributed by atoms with Gasteiger partial charge in [-0.05, 0) is 13.0 Å². The second kappa shape index (κ2) is 3.57. The van der Waals surface area contributed by atoms with Gasteiger partial charge in [-0.15, -0.1) is 0 Å². The zero-order valence-corrected chi connectivity index (χ0v) is 9.41. The highest BCUT2D eigenvalue weighted by Crippen LogP contribution is 2.32. The SMILES string of the molecule is CC1Nc2c(CO)cccc2S(=O)(=O)C1=O. The molecule has 0 saturated heterocycles. The van der Waals surface area contributed by atoms with Crippen LogP contribution in [0.1, 0.15) is 12.5 Å². The number of aliphatic hydroxyl groups excluding tert-OH is 1. The largest absolute Gasteiger partial charge is 0.392 e. The fraction of sp³-hybridized carbons (Fsp3) is 0.300. The minimum atomic E-state index is -3.92. The summed E-state index contributed by atoms with van der Waals surface area (Å²) in [5.41, 5.74) is 0.803. The number of para-hydroxylation sites is 1. The van der Waals surface area contributed by atoms with E-state index in [1.54, 1.807) is 6.07 Å². The molecule has 1 aromatic rings. The molecule has 0 saturated carbocycles. The molecule has 2 N–H and O–H groups in total. The molecule has 0 fully saturated rings. The molecule has 1 heterocycles. The van der Waals surface area contributed by atoms with E-state index in [4.69, 9.17) is 5.11 Å². The van der Waals surface area contributed by atoms with Crippen molar-refractivity contribution in [3.05, 3.63) is 23.8 Å². The van der Waals surface area contributed by atoms with Gasteiger partial charge in [-0.3, -0.25) is 4.79 Å². The van der Waals surface area contributed by atoms with Gasteiger partial charge >= 0.3 is 0 Å². The van der Waals surface area contributed by atoms with Crippen molar-refractivity contribution in [1.29, 1.82) is 0 Å². The topological polar surface area (TPSA) is 83.5 Å². The van der Waals surface area contributed by atoms with Crippen LogP contribution in [0.15, 0.2) is 23.1 Å². The van der Waals surface area contributed by atoms with E-state index in [-0.39, 0.29) is 11.5 Å². The maximum atomic E-state index is 11.8. The molecule has 0 bridgehead atoms. The predicted octanol–water partition coefficient (Wildman–Crippen LogP) is 0.293. The predicted molar refractivity (Wildman–Crippen MR) is 57.6 cm³/mol. The lowest BCUT2D eigenvalue weighted by Crippen LogP contribution is -2.38. The maximum Gasteiger partial charge on any atom is 0.272 e. The molecule has 0 aliphatic carbocycles. The lowest BCUT2D eigenvalue weighted by Gasteiger charge is -2.24. The lowest BCUT2D eigenvalue weighted by molar-refractivity contribution is -0.112. The summed E-state index contributed by atoms with van der Waals surface area (Å²) in [6, 6.07) is 3.70. The third kappa shape index (κ3) is 1.42. The Morgan fingerprint density at radius 1 is 1.44 bits per heavy atom. The molecule has 1 aliphatic rings. The molecular formula is C10H11NO4S. The third-order valence-corrected chi connectivity index (χ3v) is 4.35. The van der Waals surface area contributed by atoms with Crippen LogP contribution in [0.3, 0.4) is 0 Å². The van der Waals surface area contributed by atoms with E-state index in [0.717, 1.165) is 0 Å². The summed E-state index contributed by atoms with van der Waals surface area (Å²) in [6.45, 7) is 1.21. The minimum Gasteiger partial charge on any atom is -0.392 e. The molecule has 0 amide bonds. The smallest absolute Gasteiger partial charge is 0.272 e. The number of anilines is 1. The fourth-order valence-electron chi connectivity index (χ4n) is 1.71. The zero-order valence-electron chi connectivity index (χ0n) is 8.60. The normalized spacial score (nSPS) is 22.4. The van der Waals surface area contributed by atoms with Gasteiger partial charge in [0.05, 0.1) is 23.2 Å². The molecule has 1 aliphatic heterocycles. The van der Waals surface area contributed by atoms with Crippen molar-refractivity contribution < 1.29 is 18.3 Å². The standard InChI is InChI=1S/C10H11NO4S/c1-6-10(13)16(14,15)8-4-2-3-7(5-12)9(8)11-6/h2-4,6,11-12H,5H2,1H3. The van der Waals surface area contributed by atoms with E-state index in [2.05, 4.69) is 5.32 Å². The number of hydrogen-bond donors (Lipinski definition) is 2. The van der Waals surface area contributed by atoms with E-state index in [1.165, 1.54) is 19.1 Å². The second-order valence-corrected chi connectivity index (χ2v) is 5.49. The summed E-state index contributed by atoms with van der Waals surface area (Å²) in [7, 11) is -3.92. The lowest BCUT2D eigenvalue weighted by atomic mass is 10.1. The van der Waals surface area contributed by atoms with Crippen molar-refractivity contribution in [2.45, 2.75) is 24.5 Å². The van der Waals surface area contributed by atoms with Crippen LogP contribution in [0, 0.1) is 0 Å². The molecule has 1 aromatic carbocycles. The van der Waals surface area contributed by atoms with Crippen LogP contribution in [0.5, 0.6) is 0 Å². The number of benzene rings is 1. The molecule has 0 radical (unpaired) electrons. The van der Waals surface area contributed by atoms with Crippen molar-refractivity contribution in [3.8, 4) is 0 Å². The molecule has 0 aromatic heterocycles. The van der Waals surface area contributed by atoms with Gasteiger partial charge in [0, 0.05) is 5.56 Å². The highest BCUT2D eigenvalue weighted by molar-refractivity contribution is 8.06. The Bertz CT molecular complexity index is 550. The summed E-state index contributed by atoms with van der Waals surface area (Å²) >= 11 is 0. The van der Waals surface area contributed by atoms with Gasteiger partial charge in [0.25, 0.3) is 5.12 Å². The number of sulfone groups is 1. The van der Waals surface area contributed by atoms with E-state index < -0.39 is 21.0 Å². The van der Waals surface area contributed by atoms with Gasteiger partial charge in [-0.1, -0.05) is 12.1 Å². The Labute approximate surface area is 93.0 Å². The number of fused-ring (bicyclic) bond motifs is 1. The number of carbonyl (C=O) groups excluding carboxylic acids is 1. The first kappa shape index (κ1) is 11.1. The Kier molecular flexibility index (Phi) is 2.47. The van der Waals surface area contributed by atoms with Crippen LogP contribution in [-0.2, 0) is 21.2 Å². The average Bonchev–Trinajstić information content (AvgIpc) is 2.26. The van der Waals surface area contributed by atoms with Crippen molar-refractivity contribution >= 4 is 20.6 Å². The second-order valence-electron chi connectivity index (χ2n) is 3.64. The molecule has 86 valence electrons. The van der Waals surface area contributed by atoms with Crippen LogP contribution in [0.4, 0.5) is 5.69 Å². The first-order valence-electron chi connectivity index (χ1n) is 4.76. The molecule has 2 rings (SSSR count). The molecular weight excluding hydrogens is 230 g/mol. The Hall–Kier alpha value is -1.40. The summed E-state index contributed by atoms with van der Waals surface area (Å²) in [5, 5.41) is 11.1. The molecule has 0 spiro atoms. The Balaban J connectivity index is 2.74. The number of aliphatic hydroxyl groups is 1. The zero-order chi connectivity index (χ0) is 11.9. The Morgan fingerprint density at radius 3 is 2.75 bits per heavy atom. The Morgan fingerprint density at radius 2 is 2.12 bits per heavy atom. The molecule has 6 heteroatoms. The number of rotatable bonds is 1. The van der Waals surface area contributed by atoms with Gasteiger partial charge in [0.2, 0.25) is 9.84 Å². The maximum absolute atomic E-state index is 11.8. The van der Waals surface area contributed by atoms with Crippen LogP contribution in [0.2, 0.25) is 0 Å². The molecule has 1 unspecified atom stereocenters. The van der Waals surface area contributed by atoms with Gasteiger partial charge in [-0.25, -0.2) is 8.42 Å². The molecule has 16 heavy (non-hydrogen) atoms. The van der Waals surface area contributed by atoms with E-state index in [0.29, 0.717) is 11.3 Å². The third-order valence-electron chi connectivity index (χ3n) is 2.55. The van der Waals surface area contributed by atoms with E-state index in [1.807, 2.05) is 0 Å². The summed E-state index contributed by atoms with van der Waals surface area (Å²) in [4.78, 5) is 11.4. The highest BCUT2D eigenvalue weighted by atomic mass is 32.2. The van der Waals surface area contributed by atoms with E-state index in [9.17, 15) is 13.2 Å². The van der Waals surface area contributed by atoms with Crippen LogP contribution < -0.4 is 5.32 Å². The van der Waals surface area contributed by atoms with Crippen molar-refractivity contribution in [1.82, 2.24) is 0 Å². The van der Waals surface area contributed by atoms with Gasteiger partial charge in [-0.2, -0.15) is 0 Å². The number of hydrogen-bond acceptors (Lipinski definition) is 5. The monoisotopic (exact) mass is 241 g/mol. The minimum absolute atomic E-state index is 0.0536. The van der Waals surface area contributed by atoms with Crippen molar-refractivity contribution in [2.75, 3.05) is 5.32 Å². The van der Waals surface area contributed by atoms with Crippen LogP contribution in [0.25, 0.3) is 0 Å². The average molecular weight is 241 g/mol. The highest BCUT2D eigenvalue weighted by Gasteiger charge is 2.37. The summed E-state index contributed by atoms with van der Waals surface area (Å²) in [5.74, 6) is 0. The summed E-state index contributed by atoms with van der Waals surface area (Å²) < 4.78 is 23.6.